The standard InChI is InChI=1S/C21H24N4O/c1-3-17(2)25(16-18-8-11-22-12-9-18)21(26)20-7-4-6-19(14-20)15-24-13-5-10-23-24/h4-14,17H,3,15-16H2,1-2H3/t17-/m0/s1. The van der Waals surface area contributed by atoms with E-state index in [0.29, 0.717) is 18.7 Å². The molecule has 0 spiro atoms. The molecule has 1 aromatic carbocycles. The maximum atomic E-state index is 13.2. The first-order chi connectivity index (χ1) is 12.7. The highest BCUT2D eigenvalue weighted by Gasteiger charge is 2.21. The maximum absolute atomic E-state index is 13.2. The second-order valence-electron chi connectivity index (χ2n) is 6.45. The molecule has 26 heavy (non-hydrogen) atoms. The summed E-state index contributed by atoms with van der Waals surface area (Å²) in [4.78, 5) is 19.2. The highest BCUT2D eigenvalue weighted by molar-refractivity contribution is 5.94. The zero-order chi connectivity index (χ0) is 18.4. The lowest BCUT2D eigenvalue weighted by atomic mass is 10.1. The molecule has 1 amide bonds. The van der Waals surface area contributed by atoms with Gasteiger partial charge in [0.25, 0.3) is 5.91 Å². The van der Waals surface area contributed by atoms with E-state index in [-0.39, 0.29) is 11.9 Å². The van der Waals surface area contributed by atoms with Crippen LogP contribution in [0.5, 0.6) is 0 Å². The molecular formula is C21H24N4O. The Kier molecular flexibility index (Phi) is 5.79. The molecule has 5 heteroatoms. The topological polar surface area (TPSA) is 51.0 Å². The van der Waals surface area contributed by atoms with Gasteiger partial charge in [0.05, 0.1) is 6.54 Å². The molecule has 0 saturated heterocycles. The van der Waals surface area contributed by atoms with Crippen molar-refractivity contribution in [3.8, 4) is 0 Å². The van der Waals surface area contributed by atoms with E-state index in [1.54, 1.807) is 18.6 Å². The van der Waals surface area contributed by atoms with E-state index >= 15 is 0 Å². The Hall–Kier alpha value is -2.95. The highest BCUT2D eigenvalue weighted by Crippen LogP contribution is 2.16. The van der Waals surface area contributed by atoms with Gasteiger partial charge in [-0.2, -0.15) is 5.10 Å². The number of amides is 1. The molecule has 5 nitrogen and oxygen atoms in total. The van der Waals surface area contributed by atoms with Gasteiger partial charge in [-0.15, -0.1) is 0 Å². The van der Waals surface area contributed by atoms with Gasteiger partial charge < -0.3 is 4.90 Å². The summed E-state index contributed by atoms with van der Waals surface area (Å²) in [6.07, 6.45) is 8.11. The fraction of sp³-hybridized carbons (Fsp3) is 0.286. The fourth-order valence-electron chi connectivity index (χ4n) is 2.88. The van der Waals surface area contributed by atoms with Crippen LogP contribution in [0.4, 0.5) is 0 Å². The summed E-state index contributed by atoms with van der Waals surface area (Å²) in [6, 6.07) is 13.8. The molecule has 0 fully saturated rings. The molecule has 0 bridgehead atoms. The number of carbonyl (C=O) groups excluding carboxylic acids is 1. The second kappa shape index (κ2) is 8.43. The van der Waals surface area contributed by atoms with E-state index in [1.807, 2.05) is 58.2 Å². The van der Waals surface area contributed by atoms with Gasteiger partial charge >= 0.3 is 0 Å². The fourth-order valence-corrected chi connectivity index (χ4v) is 2.88. The van der Waals surface area contributed by atoms with Crippen LogP contribution >= 0.6 is 0 Å². The Balaban J connectivity index is 1.82. The summed E-state index contributed by atoms with van der Waals surface area (Å²) < 4.78 is 1.85. The lowest BCUT2D eigenvalue weighted by Crippen LogP contribution is -2.37. The summed E-state index contributed by atoms with van der Waals surface area (Å²) >= 11 is 0. The number of nitrogens with zero attached hydrogens (tertiary/aromatic N) is 4. The van der Waals surface area contributed by atoms with Gasteiger partial charge in [-0.3, -0.25) is 14.5 Å². The van der Waals surface area contributed by atoms with Gasteiger partial charge in [0, 0.05) is 42.9 Å². The first-order valence-corrected chi connectivity index (χ1v) is 8.93. The van der Waals surface area contributed by atoms with Crippen LogP contribution in [-0.2, 0) is 13.1 Å². The third kappa shape index (κ3) is 4.36. The van der Waals surface area contributed by atoms with Crippen LogP contribution in [0.25, 0.3) is 0 Å². The first kappa shape index (κ1) is 17.9. The summed E-state index contributed by atoms with van der Waals surface area (Å²) in [5, 5.41) is 4.23. The molecule has 0 N–H and O–H groups in total. The van der Waals surface area contributed by atoms with E-state index in [0.717, 1.165) is 17.5 Å². The molecule has 0 aliphatic rings. The van der Waals surface area contributed by atoms with Crippen LogP contribution in [0.1, 0.15) is 41.8 Å². The van der Waals surface area contributed by atoms with Crippen molar-refractivity contribution in [3.05, 3.63) is 83.9 Å². The zero-order valence-electron chi connectivity index (χ0n) is 15.2. The predicted octanol–water partition coefficient (Wildman–Crippen LogP) is 3.77. The van der Waals surface area contributed by atoms with Crippen molar-refractivity contribution in [1.29, 1.82) is 0 Å². The van der Waals surface area contributed by atoms with Gasteiger partial charge in [0.1, 0.15) is 0 Å². The summed E-state index contributed by atoms with van der Waals surface area (Å²) in [6.45, 7) is 5.43. The average Bonchev–Trinajstić information content (AvgIpc) is 3.19. The second-order valence-corrected chi connectivity index (χ2v) is 6.45. The number of hydrogen-bond acceptors (Lipinski definition) is 3. The molecular weight excluding hydrogens is 324 g/mol. The smallest absolute Gasteiger partial charge is 0.254 e. The lowest BCUT2D eigenvalue weighted by molar-refractivity contribution is 0.0671. The molecule has 134 valence electrons. The minimum Gasteiger partial charge on any atom is -0.332 e. The lowest BCUT2D eigenvalue weighted by Gasteiger charge is -2.29. The van der Waals surface area contributed by atoms with Crippen molar-refractivity contribution in [2.24, 2.45) is 0 Å². The van der Waals surface area contributed by atoms with E-state index in [1.165, 1.54) is 0 Å². The Labute approximate surface area is 154 Å². The number of rotatable bonds is 7. The molecule has 3 aromatic rings. The molecule has 0 aliphatic carbocycles. The maximum Gasteiger partial charge on any atom is 0.254 e. The summed E-state index contributed by atoms with van der Waals surface area (Å²) in [7, 11) is 0. The van der Waals surface area contributed by atoms with E-state index in [2.05, 4.69) is 23.9 Å². The average molecular weight is 348 g/mol. The zero-order valence-corrected chi connectivity index (χ0v) is 15.2. The Morgan fingerprint density at radius 1 is 1.12 bits per heavy atom. The quantitative estimate of drug-likeness (QED) is 0.653. The van der Waals surface area contributed by atoms with Gasteiger partial charge in [0.2, 0.25) is 0 Å². The molecule has 2 heterocycles. The van der Waals surface area contributed by atoms with Crippen molar-refractivity contribution >= 4 is 5.91 Å². The van der Waals surface area contributed by atoms with Crippen LogP contribution in [0, 0.1) is 0 Å². The number of benzene rings is 1. The SMILES string of the molecule is CC[C@H](C)N(Cc1ccncc1)C(=O)c1cccc(Cn2cccn2)c1. The summed E-state index contributed by atoms with van der Waals surface area (Å²) in [5.41, 5.74) is 2.86. The van der Waals surface area contributed by atoms with E-state index < -0.39 is 0 Å². The normalized spacial score (nSPS) is 11.9. The van der Waals surface area contributed by atoms with E-state index in [4.69, 9.17) is 0 Å². The van der Waals surface area contributed by atoms with E-state index in [9.17, 15) is 4.79 Å². The van der Waals surface area contributed by atoms with Crippen molar-refractivity contribution in [1.82, 2.24) is 19.7 Å². The molecule has 0 unspecified atom stereocenters. The molecule has 2 aromatic heterocycles. The van der Waals surface area contributed by atoms with Crippen LogP contribution in [0.2, 0.25) is 0 Å². The Morgan fingerprint density at radius 2 is 1.92 bits per heavy atom. The Bertz CT molecular complexity index is 830. The van der Waals surface area contributed by atoms with Crippen LogP contribution in [-0.4, -0.2) is 31.6 Å². The molecule has 0 aliphatic heterocycles. The first-order valence-electron chi connectivity index (χ1n) is 8.93. The van der Waals surface area contributed by atoms with Gasteiger partial charge in [-0.1, -0.05) is 19.1 Å². The molecule has 1 atom stereocenters. The van der Waals surface area contributed by atoms with Crippen LogP contribution in [0.15, 0.2) is 67.3 Å². The summed E-state index contributed by atoms with van der Waals surface area (Å²) in [5.74, 6) is 0.0541. The van der Waals surface area contributed by atoms with Gasteiger partial charge in [-0.05, 0) is 54.8 Å². The molecule has 0 radical (unpaired) electrons. The largest absolute Gasteiger partial charge is 0.332 e. The van der Waals surface area contributed by atoms with Crippen molar-refractivity contribution in [2.75, 3.05) is 0 Å². The number of aromatic nitrogens is 3. The van der Waals surface area contributed by atoms with Crippen LogP contribution < -0.4 is 0 Å². The third-order valence-corrected chi connectivity index (χ3v) is 4.56. The van der Waals surface area contributed by atoms with Crippen LogP contribution in [0.3, 0.4) is 0 Å². The monoisotopic (exact) mass is 348 g/mol. The minimum absolute atomic E-state index is 0.0541. The van der Waals surface area contributed by atoms with Crippen molar-refractivity contribution in [3.63, 3.8) is 0 Å². The van der Waals surface area contributed by atoms with Gasteiger partial charge in [-0.25, -0.2) is 0 Å². The third-order valence-electron chi connectivity index (χ3n) is 4.56. The molecule has 0 saturated carbocycles. The number of carbonyl (C=O) groups is 1. The number of hydrogen-bond donors (Lipinski definition) is 0. The molecule has 3 rings (SSSR count). The van der Waals surface area contributed by atoms with Gasteiger partial charge in [0.15, 0.2) is 0 Å². The van der Waals surface area contributed by atoms with Crippen molar-refractivity contribution in [2.45, 2.75) is 39.4 Å². The Morgan fingerprint density at radius 3 is 2.62 bits per heavy atom. The minimum atomic E-state index is 0.0541. The highest BCUT2D eigenvalue weighted by atomic mass is 16.2. The number of pyridine rings is 1. The predicted molar refractivity (Wildman–Crippen MR) is 102 cm³/mol. The van der Waals surface area contributed by atoms with Crippen molar-refractivity contribution < 1.29 is 4.79 Å².